The third-order valence-electron chi connectivity index (χ3n) is 2.98. The molecule has 108 valence electrons. The molecular weight excluding hydrogens is 377 g/mol. The number of aliphatic imine (C=N–C) groups is 1. The van der Waals surface area contributed by atoms with Crippen LogP contribution in [0, 0.1) is 0 Å². The van der Waals surface area contributed by atoms with Crippen LogP contribution in [-0.4, -0.2) is 48.1 Å². The summed E-state index contributed by atoms with van der Waals surface area (Å²) in [6.07, 6.45) is 4.85. The quantitative estimate of drug-likeness (QED) is 0.421. The van der Waals surface area contributed by atoms with Gasteiger partial charge in [-0.15, -0.1) is 24.0 Å². The fourth-order valence-electron chi connectivity index (χ4n) is 1.61. The van der Waals surface area contributed by atoms with E-state index in [1.54, 1.807) is 0 Å². The Bertz CT molecular complexity index is 254. The maximum atomic E-state index is 4.26. The summed E-state index contributed by atoms with van der Waals surface area (Å²) in [5.41, 5.74) is 0. The third kappa shape index (κ3) is 7.33. The summed E-state index contributed by atoms with van der Waals surface area (Å²) in [5, 5.41) is 7.58. The first kappa shape index (κ1) is 18.7. The second-order valence-corrected chi connectivity index (χ2v) is 7.83. The fraction of sp³-hybridized carbons (Fsp3) is 0.917. The summed E-state index contributed by atoms with van der Waals surface area (Å²) >= 11 is 3.95. The molecule has 0 aromatic carbocycles. The number of rotatable bonds is 5. The van der Waals surface area contributed by atoms with Crippen LogP contribution in [0.2, 0.25) is 0 Å². The normalized spacial score (nSPS) is 20.4. The summed E-state index contributed by atoms with van der Waals surface area (Å²) in [4.78, 5) is 4.26. The molecule has 18 heavy (non-hydrogen) atoms. The average molecular weight is 403 g/mol. The molecule has 0 amide bonds. The predicted octanol–water partition coefficient (Wildman–Crippen LogP) is 2.81. The number of thioether (sulfide) groups is 2. The second kappa shape index (κ2) is 9.58. The van der Waals surface area contributed by atoms with Gasteiger partial charge < -0.3 is 10.6 Å². The van der Waals surface area contributed by atoms with Crippen molar-refractivity contribution in [3.63, 3.8) is 0 Å². The van der Waals surface area contributed by atoms with E-state index in [2.05, 4.69) is 47.5 Å². The number of hydrogen-bond donors (Lipinski definition) is 2. The van der Waals surface area contributed by atoms with Crippen LogP contribution in [0.5, 0.6) is 0 Å². The molecule has 1 saturated heterocycles. The maximum absolute atomic E-state index is 4.26. The largest absolute Gasteiger partial charge is 0.355 e. The van der Waals surface area contributed by atoms with E-state index >= 15 is 0 Å². The van der Waals surface area contributed by atoms with Gasteiger partial charge in [0.2, 0.25) is 0 Å². The van der Waals surface area contributed by atoms with Crippen molar-refractivity contribution >= 4 is 53.5 Å². The maximum Gasteiger partial charge on any atom is 0.191 e. The van der Waals surface area contributed by atoms with E-state index in [0.29, 0.717) is 0 Å². The first-order valence-electron chi connectivity index (χ1n) is 6.18. The van der Waals surface area contributed by atoms with Crippen molar-refractivity contribution in [3.8, 4) is 0 Å². The van der Waals surface area contributed by atoms with Gasteiger partial charge in [-0.3, -0.25) is 4.99 Å². The molecule has 1 heterocycles. The van der Waals surface area contributed by atoms with Gasteiger partial charge in [0.15, 0.2) is 5.96 Å². The topological polar surface area (TPSA) is 36.4 Å². The van der Waals surface area contributed by atoms with E-state index in [9.17, 15) is 0 Å². The minimum absolute atomic E-state index is 0. The molecule has 0 spiro atoms. The second-order valence-electron chi connectivity index (χ2n) is 4.91. The van der Waals surface area contributed by atoms with E-state index in [1.165, 1.54) is 18.6 Å². The van der Waals surface area contributed by atoms with Gasteiger partial charge in [0.05, 0.1) is 0 Å². The Balaban J connectivity index is 0.00000289. The molecule has 1 fully saturated rings. The van der Waals surface area contributed by atoms with Crippen LogP contribution in [-0.2, 0) is 0 Å². The molecule has 0 radical (unpaired) electrons. The third-order valence-corrected chi connectivity index (χ3v) is 5.63. The van der Waals surface area contributed by atoms with Crippen LogP contribution >= 0.6 is 47.5 Å². The first-order valence-corrected chi connectivity index (χ1v) is 8.46. The zero-order valence-electron chi connectivity index (χ0n) is 11.8. The van der Waals surface area contributed by atoms with E-state index in [-0.39, 0.29) is 28.7 Å². The summed E-state index contributed by atoms with van der Waals surface area (Å²) < 4.78 is 0.250. The molecule has 3 nitrogen and oxygen atoms in total. The van der Waals surface area contributed by atoms with Crippen molar-refractivity contribution in [1.29, 1.82) is 0 Å². The molecule has 0 aliphatic carbocycles. The summed E-state index contributed by atoms with van der Waals surface area (Å²) in [6.45, 7) is 6.45. The standard InChI is InChI=1S/C12H25N3S2.HI/c1-12(2,16-4)9-15-11(13-3)14-8-10-6-5-7-17-10;/h10H,5-9H2,1-4H3,(H2,13,14,15);1H. The smallest absolute Gasteiger partial charge is 0.191 e. The minimum atomic E-state index is 0. The van der Waals surface area contributed by atoms with Gasteiger partial charge in [-0.05, 0) is 38.7 Å². The molecule has 0 aromatic rings. The van der Waals surface area contributed by atoms with Crippen molar-refractivity contribution < 1.29 is 0 Å². The van der Waals surface area contributed by atoms with Crippen molar-refractivity contribution in [2.24, 2.45) is 4.99 Å². The van der Waals surface area contributed by atoms with Crippen molar-refractivity contribution in [2.75, 3.05) is 32.1 Å². The lowest BCUT2D eigenvalue weighted by molar-refractivity contribution is 0.658. The molecule has 1 aliphatic heterocycles. The molecular formula is C12H26IN3S2. The SMILES string of the molecule is CN=C(NCC1CCCS1)NCC(C)(C)SC.I. The van der Waals surface area contributed by atoms with Crippen molar-refractivity contribution in [1.82, 2.24) is 10.6 Å². The van der Waals surface area contributed by atoms with E-state index in [4.69, 9.17) is 0 Å². The van der Waals surface area contributed by atoms with Crippen LogP contribution in [0.25, 0.3) is 0 Å². The van der Waals surface area contributed by atoms with Gasteiger partial charge in [0, 0.05) is 30.1 Å². The van der Waals surface area contributed by atoms with Gasteiger partial charge in [-0.25, -0.2) is 0 Å². The number of guanidine groups is 1. The Labute approximate surface area is 137 Å². The van der Waals surface area contributed by atoms with E-state index in [1.807, 2.05) is 18.8 Å². The van der Waals surface area contributed by atoms with Crippen LogP contribution in [0.15, 0.2) is 4.99 Å². The van der Waals surface area contributed by atoms with Gasteiger partial charge in [0.25, 0.3) is 0 Å². The highest BCUT2D eigenvalue weighted by molar-refractivity contribution is 14.0. The van der Waals surface area contributed by atoms with Crippen LogP contribution in [0.1, 0.15) is 26.7 Å². The highest BCUT2D eigenvalue weighted by Gasteiger charge is 2.18. The number of nitrogens with zero attached hydrogens (tertiary/aromatic N) is 1. The highest BCUT2D eigenvalue weighted by atomic mass is 127. The molecule has 1 aliphatic rings. The monoisotopic (exact) mass is 403 g/mol. The van der Waals surface area contributed by atoms with Crippen LogP contribution in [0.4, 0.5) is 0 Å². The number of halogens is 1. The van der Waals surface area contributed by atoms with E-state index < -0.39 is 0 Å². The molecule has 6 heteroatoms. The molecule has 1 unspecified atom stereocenters. The zero-order valence-corrected chi connectivity index (χ0v) is 15.7. The Morgan fingerprint density at radius 2 is 2.17 bits per heavy atom. The molecule has 0 aromatic heterocycles. The lowest BCUT2D eigenvalue weighted by atomic mass is 10.2. The summed E-state index contributed by atoms with van der Waals surface area (Å²) in [6, 6.07) is 0. The molecule has 2 N–H and O–H groups in total. The van der Waals surface area contributed by atoms with E-state index in [0.717, 1.165) is 24.3 Å². The minimum Gasteiger partial charge on any atom is -0.355 e. The molecule has 0 saturated carbocycles. The molecule has 0 bridgehead atoms. The number of hydrogen-bond acceptors (Lipinski definition) is 3. The van der Waals surface area contributed by atoms with Gasteiger partial charge >= 0.3 is 0 Å². The van der Waals surface area contributed by atoms with Crippen LogP contribution < -0.4 is 10.6 Å². The summed E-state index contributed by atoms with van der Waals surface area (Å²) in [5.74, 6) is 2.25. The lowest BCUT2D eigenvalue weighted by Crippen LogP contribution is -2.44. The Morgan fingerprint density at radius 1 is 1.44 bits per heavy atom. The van der Waals surface area contributed by atoms with Gasteiger partial charge in [0.1, 0.15) is 0 Å². The summed E-state index contributed by atoms with van der Waals surface area (Å²) in [7, 11) is 1.84. The Hall–Kier alpha value is 0.700. The fourth-order valence-corrected chi connectivity index (χ4v) is 3.02. The first-order chi connectivity index (χ1) is 8.07. The molecule has 1 rings (SSSR count). The molecule has 1 atom stereocenters. The zero-order chi connectivity index (χ0) is 12.7. The Kier molecular flexibility index (Phi) is 9.95. The highest BCUT2D eigenvalue weighted by Crippen LogP contribution is 2.25. The average Bonchev–Trinajstić information content (AvgIpc) is 2.82. The van der Waals surface area contributed by atoms with Gasteiger partial charge in [-0.1, -0.05) is 0 Å². The number of nitrogens with one attached hydrogen (secondary N) is 2. The van der Waals surface area contributed by atoms with Crippen molar-refractivity contribution in [2.45, 2.75) is 36.7 Å². The van der Waals surface area contributed by atoms with Gasteiger partial charge in [-0.2, -0.15) is 23.5 Å². The van der Waals surface area contributed by atoms with Crippen LogP contribution in [0.3, 0.4) is 0 Å². The lowest BCUT2D eigenvalue weighted by Gasteiger charge is -2.24. The predicted molar refractivity (Wildman–Crippen MR) is 97.9 cm³/mol. The Morgan fingerprint density at radius 3 is 2.67 bits per heavy atom. The van der Waals surface area contributed by atoms with Crippen molar-refractivity contribution in [3.05, 3.63) is 0 Å².